The van der Waals surface area contributed by atoms with Crippen molar-refractivity contribution < 1.29 is 4.79 Å². The first-order valence-electron chi connectivity index (χ1n) is 8.38. The Bertz CT molecular complexity index is 777. The average Bonchev–Trinajstić information content (AvgIpc) is 2.58. The second kappa shape index (κ2) is 7.54. The fraction of sp³-hybridized carbons (Fsp3) is 0.316. The monoisotopic (exact) mass is 377 g/mol. The van der Waals surface area contributed by atoms with Gasteiger partial charge in [-0.1, -0.05) is 23.2 Å². The van der Waals surface area contributed by atoms with Crippen LogP contribution in [0.5, 0.6) is 0 Å². The third-order valence-corrected chi connectivity index (χ3v) is 5.15. The van der Waals surface area contributed by atoms with Crippen LogP contribution in [-0.4, -0.2) is 18.5 Å². The van der Waals surface area contributed by atoms with E-state index in [0.717, 1.165) is 25.1 Å². The number of hydrogen-bond acceptors (Lipinski definition) is 3. The Labute approximate surface area is 157 Å². The summed E-state index contributed by atoms with van der Waals surface area (Å²) in [5.41, 5.74) is 8.81. The zero-order chi connectivity index (χ0) is 18.0. The van der Waals surface area contributed by atoms with Crippen molar-refractivity contribution in [1.82, 2.24) is 0 Å². The van der Waals surface area contributed by atoms with Gasteiger partial charge in [-0.3, -0.25) is 4.79 Å². The van der Waals surface area contributed by atoms with Gasteiger partial charge < -0.3 is 16.0 Å². The minimum atomic E-state index is -0.235. The number of hydrogen-bond donors (Lipinski definition) is 2. The molecule has 1 heterocycles. The van der Waals surface area contributed by atoms with Crippen molar-refractivity contribution in [1.29, 1.82) is 0 Å². The van der Waals surface area contributed by atoms with E-state index in [-0.39, 0.29) is 5.91 Å². The summed E-state index contributed by atoms with van der Waals surface area (Å²) in [6.45, 7) is 3.15. The summed E-state index contributed by atoms with van der Waals surface area (Å²) >= 11 is 12.2. The number of rotatable bonds is 3. The number of benzene rings is 2. The third kappa shape index (κ3) is 4.02. The Hall–Kier alpha value is -1.91. The molecule has 3 N–H and O–H groups in total. The zero-order valence-corrected chi connectivity index (χ0v) is 15.6. The lowest BCUT2D eigenvalue weighted by molar-refractivity contribution is 0.102. The van der Waals surface area contributed by atoms with Gasteiger partial charge in [0.15, 0.2) is 0 Å². The van der Waals surface area contributed by atoms with Crippen LogP contribution in [0.15, 0.2) is 36.4 Å². The molecule has 0 radical (unpaired) electrons. The van der Waals surface area contributed by atoms with Crippen molar-refractivity contribution in [2.75, 3.05) is 22.5 Å². The van der Waals surface area contributed by atoms with Gasteiger partial charge in [-0.15, -0.1) is 0 Å². The van der Waals surface area contributed by atoms with E-state index in [1.807, 2.05) is 6.07 Å². The predicted octanol–water partition coefficient (Wildman–Crippen LogP) is 5.21. The SMILES string of the molecule is C[C@H]1CCCCN1c1cc(NC(=O)c2ccc(Cl)cc2)c(Cl)cc1N. The molecule has 1 aliphatic rings. The van der Waals surface area contributed by atoms with Gasteiger partial charge in [0.25, 0.3) is 5.91 Å². The highest BCUT2D eigenvalue weighted by Crippen LogP contribution is 2.36. The van der Waals surface area contributed by atoms with Crippen LogP contribution in [0.4, 0.5) is 17.1 Å². The van der Waals surface area contributed by atoms with E-state index in [0.29, 0.717) is 33.0 Å². The van der Waals surface area contributed by atoms with Gasteiger partial charge >= 0.3 is 0 Å². The maximum Gasteiger partial charge on any atom is 0.255 e. The van der Waals surface area contributed by atoms with Gasteiger partial charge in [0.05, 0.1) is 22.1 Å². The molecule has 0 aliphatic carbocycles. The van der Waals surface area contributed by atoms with E-state index < -0.39 is 0 Å². The van der Waals surface area contributed by atoms with E-state index in [4.69, 9.17) is 28.9 Å². The molecule has 2 aromatic carbocycles. The first kappa shape index (κ1) is 17.9. The number of nitrogen functional groups attached to an aromatic ring is 1. The van der Waals surface area contributed by atoms with Gasteiger partial charge in [-0.05, 0) is 62.6 Å². The van der Waals surface area contributed by atoms with Crippen molar-refractivity contribution in [2.24, 2.45) is 0 Å². The number of piperidine rings is 1. The molecule has 25 heavy (non-hydrogen) atoms. The number of nitrogens with two attached hydrogens (primary N) is 1. The highest BCUT2D eigenvalue weighted by Gasteiger charge is 2.22. The van der Waals surface area contributed by atoms with Crippen LogP contribution in [-0.2, 0) is 0 Å². The summed E-state index contributed by atoms with van der Waals surface area (Å²) in [6, 6.07) is 10.7. The number of amides is 1. The number of nitrogens with zero attached hydrogens (tertiary/aromatic N) is 1. The molecule has 1 saturated heterocycles. The molecule has 0 unspecified atom stereocenters. The van der Waals surface area contributed by atoms with Crippen LogP contribution in [0.25, 0.3) is 0 Å². The van der Waals surface area contributed by atoms with Crippen molar-refractivity contribution in [3.8, 4) is 0 Å². The summed E-state index contributed by atoms with van der Waals surface area (Å²) < 4.78 is 0. The molecule has 1 aliphatic heterocycles. The van der Waals surface area contributed by atoms with Crippen molar-refractivity contribution in [2.45, 2.75) is 32.2 Å². The predicted molar refractivity (Wildman–Crippen MR) is 106 cm³/mol. The van der Waals surface area contributed by atoms with E-state index in [2.05, 4.69) is 17.1 Å². The van der Waals surface area contributed by atoms with Gasteiger partial charge in [-0.2, -0.15) is 0 Å². The molecule has 3 rings (SSSR count). The lowest BCUT2D eigenvalue weighted by Crippen LogP contribution is -2.37. The fourth-order valence-corrected chi connectivity index (χ4v) is 3.52. The van der Waals surface area contributed by atoms with Crippen LogP contribution < -0.4 is 16.0 Å². The zero-order valence-electron chi connectivity index (χ0n) is 14.1. The smallest absolute Gasteiger partial charge is 0.255 e. The lowest BCUT2D eigenvalue weighted by Gasteiger charge is -2.36. The molecule has 1 amide bonds. The second-order valence-electron chi connectivity index (χ2n) is 6.39. The Morgan fingerprint density at radius 3 is 2.60 bits per heavy atom. The lowest BCUT2D eigenvalue weighted by atomic mass is 10.0. The number of carbonyl (C=O) groups is 1. The maximum absolute atomic E-state index is 12.5. The third-order valence-electron chi connectivity index (χ3n) is 4.58. The number of anilines is 3. The summed E-state index contributed by atoms with van der Waals surface area (Å²) in [5, 5.41) is 3.88. The highest BCUT2D eigenvalue weighted by molar-refractivity contribution is 6.34. The molecule has 1 fully saturated rings. The largest absolute Gasteiger partial charge is 0.397 e. The van der Waals surface area contributed by atoms with E-state index >= 15 is 0 Å². The number of halogens is 2. The first-order chi connectivity index (χ1) is 12.0. The Balaban J connectivity index is 1.87. The molecular weight excluding hydrogens is 357 g/mol. The van der Waals surface area contributed by atoms with Crippen LogP contribution >= 0.6 is 23.2 Å². The van der Waals surface area contributed by atoms with Crippen LogP contribution in [0.1, 0.15) is 36.5 Å². The Kier molecular flexibility index (Phi) is 5.40. The molecular formula is C19H21Cl2N3O. The molecule has 6 heteroatoms. The molecule has 4 nitrogen and oxygen atoms in total. The summed E-state index contributed by atoms with van der Waals surface area (Å²) in [6.07, 6.45) is 3.50. The topological polar surface area (TPSA) is 58.4 Å². The summed E-state index contributed by atoms with van der Waals surface area (Å²) in [7, 11) is 0. The molecule has 132 valence electrons. The highest BCUT2D eigenvalue weighted by atomic mass is 35.5. The Morgan fingerprint density at radius 1 is 1.20 bits per heavy atom. The first-order valence-corrected chi connectivity index (χ1v) is 9.14. The molecule has 0 saturated carbocycles. The van der Waals surface area contributed by atoms with E-state index in [1.165, 1.54) is 6.42 Å². The molecule has 0 aromatic heterocycles. The molecule has 0 spiro atoms. The average molecular weight is 378 g/mol. The van der Waals surface area contributed by atoms with Crippen LogP contribution in [0.3, 0.4) is 0 Å². The summed E-state index contributed by atoms with van der Waals surface area (Å²) in [5.74, 6) is -0.235. The van der Waals surface area contributed by atoms with Crippen molar-refractivity contribution in [3.05, 3.63) is 52.0 Å². The van der Waals surface area contributed by atoms with Gasteiger partial charge in [0, 0.05) is 23.2 Å². The molecule has 0 bridgehead atoms. The van der Waals surface area contributed by atoms with E-state index in [1.54, 1.807) is 30.3 Å². The van der Waals surface area contributed by atoms with Gasteiger partial charge in [-0.25, -0.2) is 0 Å². The van der Waals surface area contributed by atoms with Crippen LogP contribution in [0, 0.1) is 0 Å². The normalized spacial score (nSPS) is 17.4. The van der Waals surface area contributed by atoms with Crippen LogP contribution in [0.2, 0.25) is 10.0 Å². The van der Waals surface area contributed by atoms with Gasteiger partial charge in [0.1, 0.15) is 0 Å². The van der Waals surface area contributed by atoms with Crippen molar-refractivity contribution >= 4 is 46.2 Å². The second-order valence-corrected chi connectivity index (χ2v) is 7.23. The fourth-order valence-electron chi connectivity index (χ4n) is 3.17. The van der Waals surface area contributed by atoms with Gasteiger partial charge in [0.2, 0.25) is 0 Å². The van der Waals surface area contributed by atoms with Crippen molar-refractivity contribution in [3.63, 3.8) is 0 Å². The summed E-state index contributed by atoms with van der Waals surface area (Å²) in [4.78, 5) is 14.7. The molecule has 2 aromatic rings. The van der Waals surface area contributed by atoms with E-state index in [9.17, 15) is 4.79 Å². The number of carbonyl (C=O) groups excluding carboxylic acids is 1. The Morgan fingerprint density at radius 2 is 1.92 bits per heavy atom. The minimum absolute atomic E-state index is 0.235. The quantitative estimate of drug-likeness (QED) is 0.721. The minimum Gasteiger partial charge on any atom is -0.397 e. The molecule has 1 atom stereocenters. The number of nitrogens with one attached hydrogen (secondary N) is 1. The standard InChI is InChI=1S/C19H21Cl2N3O/c1-12-4-2-3-9-24(12)18-11-17(15(21)10-16(18)22)23-19(25)13-5-7-14(20)8-6-13/h5-8,10-12H,2-4,9,22H2,1H3,(H,23,25)/t12-/m0/s1. The maximum atomic E-state index is 12.5.